The normalized spacial score (nSPS) is 11.4. The number of nitrogens with two attached hydrogens (primary N) is 2. The first-order chi connectivity index (χ1) is 5.20. The second kappa shape index (κ2) is 5.23. The Morgan fingerprint density at radius 3 is 2.75 bits per heavy atom. The van der Waals surface area contributed by atoms with Crippen LogP contribution >= 0.6 is 36.4 Å². The lowest BCUT2D eigenvalue weighted by Crippen LogP contribution is -2.23. The van der Waals surface area contributed by atoms with E-state index in [1.807, 2.05) is 5.38 Å². The first-order valence-electron chi connectivity index (χ1n) is 2.85. The average molecular weight is 225 g/mol. The van der Waals surface area contributed by atoms with Crippen LogP contribution in [0, 0.1) is 0 Å². The molecule has 1 aromatic rings. The fourth-order valence-corrected chi connectivity index (χ4v) is 1.50. The molecule has 1 rings (SSSR count). The molecule has 0 aliphatic rings. The van der Waals surface area contributed by atoms with Gasteiger partial charge in [0.1, 0.15) is 5.37 Å². The molecule has 68 valence electrons. The standard InChI is InChI=1S/C5H8N4S2.ClH/c6-5(7)9-4(10)3-1-11-2-8-3;/h1-2,4,10H,(H4,6,7,9);1H. The first-order valence-corrected chi connectivity index (χ1v) is 4.31. The summed E-state index contributed by atoms with van der Waals surface area (Å²) in [6.45, 7) is 0. The Kier molecular flexibility index (Phi) is 5.03. The van der Waals surface area contributed by atoms with Gasteiger partial charge in [0.25, 0.3) is 0 Å². The van der Waals surface area contributed by atoms with E-state index >= 15 is 0 Å². The maximum absolute atomic E-state index is 5.15. The number of nitrogens with zero attached hydrogens (tertiary/aromatic N) is 2. The first kappa shape index (κ1) is 11.5. The fourth-order valence-electron chi connectivity index (χ4n) is 0.557. The zero-order valence-electron chi connectivity index (χ0n) is 6.04. The molecule has 1 aromatic heterocycles. The molecule has 4 nitrogen and oxygen atoms in total. The van der Waals surface area contributed by atoms with Gasteiger partial charge in [-0.2, -0.15) is 0 Å². The molecule has 0 spiro atoms. The number of aromatic nitrogens is 1. The average Bonchev–Trinajstić information content (AvgIpc) is 2.35. The van der Waals surface area contributed by atoms with Crippen molar-refractivity contribution in [3.05, 3.63) is 16.6 Å². The summed E-state index contributed by atoms with van der Waals surface area (Å²) >= 11 is 5.61. The second-order valence-electron chi connectivity index (χ2n) is 1.84. The summed E-state index contributed by atoms with van der Waals surface area (Å²) in [6.07, 6.45) is 0. The molecule has 1 unspecified atom stereocenters. The highest BCUT2D eigenvalue weighted by atomic mass is 35.5. The van der Waals surface area contributed by atoms with Gasteiger partial charge in [-0.3, -0.25) is 0 Å². The molecule has 0 fully saturated rings. The van der Waals surface area contributed by atoms with Gasteiger partial charge in [0.15, 0.2) is 5.96 Å². The third kappa shape index (κ3) is 3.29. The van der Waals surface area contributed by atoms with Crippen molar-refractivity contribution in [3.8, 4) is 0 Å². The van der Waals surface area contributed by atoms with Gasteiger partial charge in [0.2, 0.25) is 0 Å². The van der Waals surface area contributed by atoms with Gasteiger partial charge in [0.05, 0.1) is 11.2 Å². The predicted molar refractivity (Wildman–Crippen MR) is 56.9 cm³/mol. The molecule has 12 heavy (non-hydrogen) atoms. The molecule has 0 aliphatic heterocycles. The number of aliphatic imine (C=N–C) groups is 1. The van der Waals surface area contributed by atoms with Gasteiger partial charge in [-0.05, 0) is 0 Å². The second-order valence-corrected chi connectivity index (χ2v) is 3.05. The number of rotatable bonds is 2. The van der Waals surface area contributed by atoms with Crippen molar-refractivity contribution in [2.45, 2.75) is 5.37 Å². The summed E-state index contributed by atoms with van der Waals surface area (Å²) in [5.41, 5.74) is 12.8. The molecule has 0 aromatic carbocycles. The minimum atomic E-state index is -0.341. The minimum absolute atomic E-state index is 0. The zero-order valence-corrected chi connectivity index (χ0v) is 8.57. The Morgan fingerprint density at radius 2 is 2.33 bits per heavy atom. The molecule has 0 aliphatic carbocycles. The van der Waals surface area contributed by atoms with E-state index in [0.717, 1.165) is 5.69 Å². The highest BCUT2D eigenvalue weighted by molar-refractivity contribution is 7.80. The van der Waals surface area contributed by atoms with Crippen molar-refractivity contribution in [2.24, 2.45) is 16.5 Å². The molecule has 0 radical (unpaired) electrons. The Hall–Kier alpha value is -0.460. The molecule has 0 amide bonds. The summed E-state index contributed by atoms with van der Waals surface area (Å²) < 4.78 is 0. The van der Waals surface area contributed by atoms with Crippen molar-refractivity contribution in [3.63, 3.8) is 0 Å². The van der Waals surface area contributed by atoms with Crippen LogP contribution in [0.25, 0.3) is 0 Å². The third-order valence-electron chi connectivity index (χ3n) is 0.987. The SMILES string of the molecule is Cl.NC(N)=NC(S)c1cscn1. The molecule has 0 saturated carbocycles. The minimum Gasteiger partial charge on any atom is -0.370 e. The summed E-state index contributed by atoms with van der Waals surface area (Å²) in [5, 5.41) is 1.51. The topological polar surface area (TPSA) is 77.3 Å². The van der Waals surface area contributed by atoms with Crippen molar-refractivity contribution < 1.29 is 0 Å². The smallest absolute Gasteiger partial charge is 0.187 e. The Morgan fingerprint density at radius 1 is 1.67 bits per heavy atom. The molecule has 7 heteroatoms. The van der Waals surface area contributed by atoms with Gasteiger partial charge in [-0.15, -0.1) is 36.4 Å². The van der Waals surface area contributed by atoms with E-state index in [1.165, 1.54) is 11.3 Å². The number of hydrogen-bond donors (Lipinski definition) is 3. The van der Waals surface area contributed by atoms with Crippen LogP contribution < -0.4 is 11.5 Å². The quantitative estimate of drug-likeness (QED) is 0.395. The number of thiazole rings is 1. The van der Waals surface area contributed by atoms with Crippen molar-refractivity contribution in [1.82, 2.24) is 4.98 Å². The number of halogens is 1. The highest BCUT2D eigenvalue weighted by Crippen LogP contribution is 2.19. The molecule has 1 heterocycles. The van der Waals surface area contributed by atoms with Crippen molar-refractivity contribution in [1.29, 1.82) is 0 Å². The highest BCUT2D eigenvalue weighted by Gasteiger charge is 2.05. The molecular formula is C5H9ClN4S2. The summed E-state index contributed by atoms with van der Waals surface area (Å²) in [6, 6.07) is 0. The molecule has 0 saturated heterocycles. The van der Waals surface area contributed by atoms with Gasteiger partial charge in [-0.25, -0.2) is 9.98 Å². The largest absolute Gasteiger partial charge is 0.370 e. The van der Waals surface area contributed by atoms with Crippen LogP contribution in [-0.4, -0.2) is 10.9 Å². The maximum atomic E-state index is 5.15. The van der Waals surface area contributed by atoms with E-state index in [2.05, 4.69) is 22.6 Å². The van der Waals surface area contributed by atoms with Crippen LogP contribution in [-0.2, 0) is 0 Å². The number of hydrogen-bond acceptors (Lipinski definition) is 4. The molecular weight excluding hydrogens is 216 g/mol. The Labute approximate surface area is 85.9 Å². The summed E-state index contributed by atoms with van der Waals surface area (Å²) in [7, 11) is 0. The van der Waals surface area contributed by atoms with Crippen LogP contribution in [0.4, 0.5) is 0 Å². The van der Waals surface area contributed by atoms with Crippen LogP contribution in [0.15, 0.2) is 15.9 Å². The predicted octanol–water partition coefficient (Wildman–Crippen LogP) is 0.767. The van der Waals surface area contributed by atoms with E-state index in [9.17, 15) is 0 Å². The van der Waals surface area contributed by atoms with Gasteiger partial charge >= 0.3 is 0 Å². The molecule has 1 atom stereocenters. The number of guanidine groups is 1. The zero-order chi connectivity index (χ0) is 8.27. The monoisotopic (exact) mass is 224 g/mol. The van der Waals surface area contributed by atoms with Crippen molar-refractivity contribution in [2.75, 3.05) is 0 Å². The Balaban J connectivity index is 0.00000121. The lowest BCUT2D eigenvalue weighted by molar-refractivity contribution is 0.980. The Bertz CT molecular complexity index is 244. The van der Waals surface area contributed by atoms with Gasteiger partial charge in [0, 0.05) is 5.38 Å². The van der Waals surface area contributed by atoms with E-state index in [0.29, 0.717) is 0 Å². The summed E-state index contributed by atoms with van der Waals surface area (Å²) in [5.74, 6) is 0.0259. The lowest BCUT2D eigenvalue weighted by atomic mass is 10.5. The van der Waals surface area contributed by atoms with E-state index in [1.54, 1.807) is 5.51 Å². The van der Waals surface area contributed by atoms with Crippen LogP contribution in [0.1, 0.15) is 11.1 Å². The molecule has 4 N–H and O–H groups in total. The summed E-state index contributed by atoms with van der Waals surface area (Å²) in [4.78, 5) is 7.79. The van der Waals surface area contributed by atoms with Crippen LogP contribution in [0.2, 0.25) is 0 Å². The van der Waals surface area contributed by atoms with Gasteiger partial charge < -0.3 is 11.5 Å². The van der Waals surface area contributed by atoms with E-state index in [4.69, 9.17) is 11.5 Å². The van der Waals surface area contributed by atoms with Gasteiger partial charge in [-0.1, -0.05) is 0 Å². The van der Waals surface area contributed by atoms with Crippen molar-refractivity contribution >= 4 is 42.3 Å². The third-order valence-corrected chi connectivity index (χ3v) is 1.97. The van der Waals surface area contributed by atoms with Crippen LogP contribution in [0.5, 0.6) is 0 Å². The number of thiol groups is 1. The molecule has 0 bridgehead atoms. The maximum Gasteiger partial charge on any atom is 0.187 e. The lowest BCUT2D eigenvalue weighted by Gasteiger charge is -2.00. The fraction of sp³-hybridized carbons (Fsp3) is 0.200. The van der Waals surface area contributed by atoms with E-state index in [-0.39, 0.29) is 23.7 Å². The van der Waals surface area contributed by atoms with E-state index < -0.39 is 0 Å². The van der Waals surface area contributed by atoms with Crippen LogP contribution in [0.3, 0.4) is 0 Å².